The van der Waals surface area contributed by atoms with E-state index in [1.165, 1.54) is 23.9 Å². The summed E-state index contributed by atoms with van der Waals surface area (Å²) < 4.78 is 36.2. The van der Waals surface area contributed by atoms with Gasteiger partial charge in [-0.1, -0.05) is 36.4 Å². The third-order valence-corrected chi connectivity index (χ3v) is 7.59. The second-order valence-corrected chi connectivity index (χ2v) is 9.87. The van der Waals surface area contributed by atoms with Crippen LogP contribution < -0.4 is 19.9 Å². The maximum atomic E-state index is 13.5. The quantitative estimate of drug-likeness (QED) is 0.395. The number of sulfonamides is 1. The summed E-state index contributed by atoms with van der Waals surface area (Å²) in [7, 11) is -0.868. The lowest BCUT2D eigenvalue weighted by Gasteiger charge is -2.24. The number of carbonyl (C=O) groups is 1. The summed E-state index contributed by atoms with van der Waals surface area (Å²) in [4.78, 5) is 26.4. The van der Waals surface area contributed by atoms with Crippen molar-refractivity contribution >= 4 is 27.3 Å². The van der Waals surface area contributed by atoms with Gasteiger partial charge in [0.25, 0.3) is 15.6 Å². The highest BCUT2D eigenvalue weighted by molar-refractivity contribution is 7.92. The summed E-state index contributed by atoms with van der Waals surface area (Å²) in [6, 6.07) is 23.2. The number of amides is 1. The summed E-state index contributed by atoms with van der Waals surface area (Å²) in [6.07, 6.45) is 0. The van der Waals surface area contributed by atoms with Gasteiger partial charge in [-0.15, -0.1) is 0 Å². The standard InChI is InChI=1S/C26H26N4O5S/c1-19-25(26(32)30(28(19)2)21-10-6-4-7-11-21)27-24(31)18-29(20-14-16-22(35-3)17-15-20)36(33,34)23-12-8-5-9-13-23/h4-17H,18H2,1-3H3,(H,27,31). The lowest BCUT2D eigenvalue weighted by molar-refractivity contribution is -0.114. The van der Waals surface area contributed by atoms with Gasteiger partial charge in [-0.2, -0.15) is 0 Å². The molecule has 1 aromatic heterocycles. The number of methoxy groups -OCH3 is 1. The SMILES string of the molecule is COc1ccc(N(CC(=O)Nc2c(C)n(C)n(-c3ccccc3)c2=O)S(=O)(=O)c2ccccc2)cc1. The van der Waals surface area contributed by atoms with Crippen molar-refractivity contribution in [1.82, 2.24) is 9.36 Å². The van der Waals surface area contributed by atoms with Crippen LogP contribution in [0.1, 0.15) is 5.69 Å². The first kappa shape index (κ1) is 24.8. The Morgan fingerprint density at radius 1 is 0.944 bits per heavy atom. The average molecular weight is 507 g/mol. The van der Waals surface area contributed by atoms with Crippen LogP contribution >= 0.6 is 0 Å². The molecular weight excluding hydrogens is 480 g/mol. The van der Waals surface area contributed by atoms with Crippen LogP contribution in [-0.2, 0) is 21.9 Å². The van der Waals surface area contributed by atoms with Gasteiger partial charge in [-0.05, 0) is 55.5 Å². The first-order valence-electron chi connectivity index (χ1n) is 11.1. The zero-order valence-corrected chi connectivity index (χ0v) is 20.9. The summed E-state index contributed by atoms with van der Waals surface area (Å²) >= 11 is 0. The van der Waals surface area contributed by atoms with Crippen LogP contribution in [0.3, 0.4) is 0 Å². The van der Waals surface area contributed by atoms with Gasteiger partial charge < -0.3 is 10.1 Å². The van der Waals surface area contributed by atoms with E-state index in [1.54, 1.807) is 73.3 Å². The van der Waals surface area contributed by atoms with Crippen LogP contribution in [0, 0.1) is 6.92 Å². The number of hydrogen-bond donors (Lipinski definition) is 1. The van der Waals surface area contributed by atoms with Crippen molar-refractivity contribution in [3.8, 4) is 11.4 Å². The van der Waals surface area contributed by atoms with E-state index in [0.717, 1.165) is 4.31 Å². The number of aromatic nitrogens is 2. The van der Waals surface area contributed by atoms with E-state index >= 15 is 0 Å². The van der Waals surface area contributed by atoms with Crippen molar-refractivity contribution < 1.29 is 17.9 Å². The molecule has 10 heteroatoms. The van der Waals surface area contributed by atoms with Gasteiger partial charge in [0.1, 0.15) is 18.0 Å². The number of nitrogens with one attached hydrogen (secondary N) is 1. The highest BCUT2D eigenvalue weighted by atomic mass is 32.2. The molecule has 0 bridgehead atoms. The van der Waals surface area contributed by atoms with Crippen molar-refractivity contribution in [2.24, 2.45) is 7.05 Å². The molecule has 1 heterocycles. The number of rotatable bonds is 8. The molecule has 1 N–H and O–H groups in total. The van der Waals surface area contributed by atoms with Crippen LogP contribution in [0.4, 0.5) is 11.4 Å². The lowest BCUT2D eigenvalue weighted by atomic mass is 10.3. The van der Waals surface area contributed by atoms with E-state index in [0.29, 0.717) is 17.1 Å². The highest BCUT2D eigenvalue weighted by Crippen LogP contribution is 2.26. The summed E-state index contributed by atoms with van der Waals surface area (Å²) in [6.45, 7) is 1.17. The molecule has 0 spiro atoms. The lowest BCUT2D eigenvalue weighted by Crippen LogP contribution is -2.38. The molecule has 4 rings (SSSR count). The molecule has 0 saturated carbocycles. The Morgan fingerprint density at radius 2 is 1.53 bits per heavy atom. The van der Waals surface area contributed by atoms with Gasteiger partial charge in [0.2, 0.25) is 5.91 Å². The molecule has 0 aliphatic heterocycles. The fourth-order valence-electron chi connectivity index (χ4n) is 3.80. The number of ether oxygens (including phenoxy) is 1. The Labute approximate surface area is 209 Å². The number of para-hydroxylation sites is 1. The van der Waals surface area contributed by atoms with Crippen molar-refractivity contribution in [3.05, 3.63) is 101 Å². The van der Waals surface area contributed by atoms with E-state index in [9.17, 15) is 18.0 Å². The summed E-state index contributed by atoms with van der Waals surface area (Å²) in [5.41, 5.74) is 1.11. The summed E-state index contributed by atoms with van der Waals surface area (Å²) in [5.74, 6) is -0.113. The van der Waals surface area contributed by atoms with E-state index in [4.69, 9.17) is 4.74 Å². The molecule has 0 aliphatic rings. The molecule has 3 aromatic carbocycles. The van der Waals surface area contributed by atoms with Crippen molar-refractivity contribution in [3.63, 3.8) is 0 Å². The smallest absolute Gasteiger partial charge is 0.295 e. The van der Waals surface area contributed by atoms with Crippen LogP contribution in [-0.4, -0.2) is 37.3 Å². The zero-order valence-electron chi connectivity index (χ0n) is 20.1. The third kappa shape index (κ3) is 4.76. The fraction of sp³-hybridized carbons (Fsp3) is 0.154. The normalized spacial score (nSPS) is 11.2. The topological polar surface area (TPSA) is 103 Å². The van der Waals surface area contributed by atoms with Crippen LogP contribution in [0.25, 0.3) is 5.69 Å². The monoisotopic (exact) mass is 506 g/mol. The summed E-state index contributed by atoms with van der Waals surface area (Å²) in [5, 5.41) is 2.63. The number of carbonyl (C=O) groups excluding carboxylic acids is 1. The van der Waals surface area contributed by atoms with Gasteiger partial charge in [0.05, 0.1) is 29.1 Å². The van der Waals surface area contributed by atoms with Gasteiger partial charge in [0.15, 0.2) is 0 Å². The minimum atomic E-state index is -4.08. The Bertz CT molecular complexity index is 1530. The molecule has 36 heavy (non-hydrogen) atoms. The second-order valence-electron chi connectivity index (χ2n) is 8.01. The highest BCUT2D eigenvalue weighted by Gasteiger charge is 2.28. The maximum Gasteiger partial charge on any atom is 0.295 e. The Hall–Kier alpha value is -4.31. The molecule has 0 atom stereocenters. The predicted octanol–water partition coefficient (Wildman–Crippen LogP) is 3.33. The van der Waals surface area contributed by atoms with Gasteiger partial charge in [0, 0.05) is 7.05 Å². The minimum absolute atomic E-state index is 0.0379. The number of benzene rings is 3. The predicted molar refractivity (Wildman–Crippen MR) is 138 cm³/mol. The minimum Gasteiger partial charge on any atom is -0.497 e. The van der Waals surface area contributed by atoms with Gasteiger partial charge >= 0.3 is 0 Å². The van der Waals surface area contributed by atoms with Gasteiger partial charge in [-0.25, -0.2) is 13.1 Å². The second kappa shape index (κ2) is 10.1. The van der Waals surface area contributed by atoms with Crippen LogP contribution in [0.15, 0.2) is 94.6 Å². The number of hydrogen-bond acceptors (Lipinski definition) is 5. The molecule has 0 unspecified atom stereocenters. The largest absolute Gasteiger partial charge is 0.497 e. The first-order chi connectivity index (χ1) is 17.2. The Morgan fingerprint density at radius 3 is 2.11 bits per heavy atom. The number of anilines is 2. The van der Waals surface area contributed by atoms with Gasteiger partial charge in [-0.3, -0.25) is 18.6 Å². The molecule has 0 saturated heterocycles. The molecule has 9 nitrogen and oxygen atoms in total. The molecular formula is C26H26N4O5S. The van der Waals surface area contributed by atoms with Crippen molar-refractivity contribution in [2.75, 3.05) is 23.3 Å². The Balaban J connectivity index is 1.68. The molecule has 0 aliphatic carbocycles. The maximum absolute atomic E-state index is 13.5. The van der Waals surface area contributed by atoms with E-state index in [2.05, 4.69) is 5.32 Å². The van der Waals surface area contributed by atoms with E-state index < -0.39 is 28.0 Å². The van der Waals surface area contributed by atoms with E-state index in [1.807, 2.05) is 18.2 Å². The zero-order chi connectivity index (χ0) is 25.9. The number of nitrogens with zero attached hydrogens (tertiary/aromatic N) is 3. The van der Waals surface area contributed by atoms with Crippen molar-refractivity contribution in [1.29, 1.82) is 0 Å². The van der Waals surface area contributed by atoms with Crippen molar-refractivity contribution in [2.45, 2.75) is 11.8 Å². The molecule has 4 aromatic rings. The first-order valence-corrected chi connectivity index (χ1v) is 12.5. The van der Waals surface area contributed by atoms with E-state index in [-0.39, 0.29) is 16.3 Å². The molecule has 186 valence electrons. The Kier molecular flexibility index (Phi) is 6.98. The van der Waals surface area contributed by atoms with Crippen LogP contribution in [0.2, 0.25) is 0 Å². The van der Waals surface area contributed by atoms with Crippen LogP contribution in [0.5, 0.6) is 5.75 Å². The molecule has 0 fully saturated rings. The fourth-order valence-corrected chi connectivity index (χ4v) is 5.25. The molecule has 1 amide bonds. The average Bonchev–Trinajstić information content (AvgIpc) is 3.11. The third-order valence-electron chi connectivity index (χ3n) is 5.80. The molecule has 0 radical (unpaired) electrons.